The molecule has 1 rings (SSSR count). The number of methoxy groups -OCH3 is 1. The lowest BCUT2D eigenvalue weighted by Crippen LogP contribution is -2.40. The van der Waals surface area contributed by atoms with Crippen molar-refractivity contribution in [2.24, 2.45) is 17.8 Å². The van der Waals surface area contributed by atoms with Gasteiger partial charge in [0.2, 0.25) is 23.6 Å². The van der Waals surface area contributed by atoms with E-state index in [0.717, 1.165) is 25.7 Å². The van der Waals surface area contributed by atoms with E-state index in [-0.39, 0.29) is 78.9 Å². The van der Waals surface area contributed by atoms with Crippen molar-refractivity contribution in [3.05, 3.63) is 0 Å². The minimum atomic E-state index is -0.215. The minimum absolute atomic E-state index is 0. The van der Waals surface area contributed by atoms with Crippen LogP contribution < -0.4 is 21.3 Å². The van der Waals surface area contributed by atoms with Gasteiger partial charge >= 0.3 is 0 Å². The number of carbonyl (C=O) groups excluding carboxylic acids is 5. The summed E-state index contributed by atoms with van der Waals surface area (Å²) in [5.74, 6) is 0.794. The van der Waals surface area contributed by atoms with Gasteiger partial charge in [-0.1, -0.05) is 35.1 Å². The molecule has 0 radical (unpaired) electrons. The van der Waals surface area contributed by atoms with E-state index in [9.17, 15) is 24.0 Å². The van der Waals surface area contributed by atoms with Gasteiger partial charge in [-0.2, -0.15) is 0 Å². The van der Waals surface area contributed by atoms with Crippen LogP contribution in [0.2, 0.25) is 0 Å². The Labute approximate surface area is 270 Å². The zero-order valence-electron chi connectivity index (χ0n) is 29.8. The third-order valence-corrected chi connectivity index (χ3v) is 5.88. The first-order valence-corrected chi connectivity index (χ1v) is 16.0. The highest BCUT2D eigenvalue weighted by Crippen LogP contribution is 2.34. The predicted octanol–water partition coefficient (Wildman–Crippen LogP) is 5.57. The van der Waals surface area contributed by atoms with Gasteiger partial charge in [0.05, 0.1) is 0 Å². The summed E-state index contributed by atoms with van der Waals surface area (Å²) in [6.07, 6.45) is 4.87. The number of carbonyl (C=O) groups is 5. The lowest BCUT2D eigenvalue weighted by Gasteiger charge is -2.16. The van der Waals surface area contributed by atoms with Crippen LogP contribution in [0.4, 0.5) is 0 Å². The van der Waals surface area contributed by atoms with Gasteiger partial charge in [0, 0.05) is 56.0 Å². The molecule has 0 aliphatic heterocycles. The maximum atomic E-state index is 11.4. The molecule has 0 bridgehead atoms. The highest BCUT2D eigenvalue weighted by atomic mass is 16.5. The highest BCUT2D eigenvalue weighted by molar-refractivity contribution is 5.85. The van der Waals surface area contributed by atoms with Gasteiger partial charge < -0.3 is 30.8 Å². The van der Waals surface area contributed by atoms with Crippen molar-refractivity contribution in [2.75, 3.05) is 7.11 Å². The Morgan fingerprint density at radius 1 is 0.659 bits per heavy atom. The first kappa shape index (κ1) is 48.4. The van der Waals surface area contributed by atoms with Crippen LogP contribution in [0, 0.1) is 17.8 Å². The molecule has 0 aromatic carbocycles. The Hall–Kier alpha value is -2.49. The molecule has 4 amide bonds. The van der Waals surface area contributed by atoms with E-state index in [4.69, 9.17) is 4.74 Å². The molecule has 0 spiro atoms. The highest BCUT2D eigenvalue weighted by Gasteiger charge is 2.36. The molecule has 0 saturated heterocycles. The summed E-state index contributed by atoms with van der Waals surface area (Å²) in [4.78, 5) is 55.1. The average molecular weight is 631 g/mol. The molecule has 0 aromatic rings. The molecule has 1 aliphatic carbocycles. The lowest BCUT2D eigenvalue weighted by atomic mass is 10.0. The quantitative estimate of drug-likeness (QED) is 0.198. The second-order valence-electron chi connectivity index (χ2n) is 12.6. The van der Waals surface area contributed by atoms with Crippen molar-refractivity contribution in [2.45, 2.75) is 166 Å². The topological polar surface area (TPSA) is 143 Å². The largest absolute Gasteiger partial charge is 0.371 e. The van der Waals surface area contributed by atoms with E-state index in [0.29, 0.717) is 18.8 Å². The average Bonchev–Trinajstić information content (AvgIpc) is 3.68. The molecule has 44 heavy (non-hydrogen) atoms. The molecule has 3 atom stereocenters. The van der Waals surface area contributed by atoms with Gasteiger partial charge in [0.1, 0.15) is 11.9 Å². The van der Waals surface area contributed by atoms with Gasteiger partial charge in [-0.25, -0.2) is 0 Å². The van der Waals surface area contributed by atoms with E-state index in [1.807, 2.05) is 76.2 Å². The molecular weight excluding hydrogens is 560 g/mol. The van der Waals surface area contributed by atoms with Crippen molar-refractivity contribution in [1.29, 1.82) is 0 Å². The van der Waals surface area contributed by atoms with E-state index in [1.54, 1.807) is 14.0 Å². The number of ketones is 1. The molecule has 0 aromatic heterocycles. The van der Waals surface area contributed by atoms with Crippen LogP contribution in [-0.2, 0) is 28.7 Å². The minimum Gasteiger partial charge on any atom is -0.371 e. The number of amides is 4. The second kappa shape index (κ2) is 28.0. The zero-order valence-corrected chi connectivity index (χ0v) is 29.8. The van der Waals surface area contributed by atoms with Crippen LogP contribution in [-0.4, -0.2) is 66.8 Å². The predicted molar refractivity (Wildman–Crippen MR) is 182 cm³/mol. The number of hydrogen-bond acceptors (Lipinski definition) is 6. The Balaban J connectivity index is -0.000000242. The Bertz CT molecular complexity index is 795. The van der Waals surface area contributed by atoms with Crippen LogP contribution in [0.1, 0.15) is 136 Å². The van der Waals surface area contributed by atoms with E-state index in [1.165, 1.54) is 6.92 Å². The van der Waals surface area contributed by atoms with Gasteiger partial charge in [-0.15, -0.1) is 0 Å². The molecule has 262 valence electrons. The third kappa shape index (κ3) is 31.0. The maximum Gasteiger partial charge on any atom is 0.249 e. The zero-order chi connectivity index (χ0) is 34.3. The Kier molecular flexibility index (Phi) is 30.8. The van der Waals surface area contributed by atoms with Crippen LogP contribution in [0.25, 0.3) is 0 Å². The molecule has 3 unspecified atom stereocenters. The summed E-state index contributed by atoms with van der Waals surface area (Å²) in [6, 6.07) is 0.895. The fourth-order valence-electron chi connectivity index (χ4n) is 3.46. The van der Waals surface area contributed by atoms with Crippen molar-refractivity contribution in [3.8, 4) is 0 Å². The SMILES string of the molecule is C.CC(=O)CC(C)C(=O)NC(C)C.CCC(C)C(=O)NC(C)C.CCCC(=O)NC(C)C.COC(C(=O)NC(C)C)C1CC1. The number of Topliss-reactive ketones (excluding diaryl/α,β-unsaturated/α-hetero) is 1. The van der Waals surface area contributed by atoms with Crippen LogP contribution >= 0.6 is 0 Å². The molecule has 1 fully saturated rings. The van der Waals surface area contributed by atoms with Gasteiger partial charge in [-0.3, -0.25) is 19.2 Å². The molecule has 1 saturated carbocycles. The summed E-state index contributed by atoms with van der Waals surface area (Å²) < 4.78 is 5.12. The third-order valence-electron chi connectivity index (χ3n) is 5.88. The van der Waals surface area contributed by atoms with Crippen LogP contribution in [0.3, 0.4) is 0 Å². The number of hydrogen-bond donors (Lipinski definition) is 4. The van der Waals surface area contributed by atoms with Gasteiger partial charge in [0.25, 0.3) is 0 Å². The maximum absolute atomic E-state index is 11.4. The second-order valence-corrected chi connectivity index (χ2v) is 12.6. The van der Waals surface area contributed by atoms with Crippen molar-refractivity contribution < 1.29 is 28.7 Å². The summed E-state index contributed by atoms with van der Waals surface area (Å²) in [6.45, 7) is 24.8. The molecule has 10 heteroatoms. The monoisotopic (exact) mass is 631 g/mol. The first-order chi connectivity index (χ1) is 19.8. The molecule has 10 nitrogen and oxygen atoms in total. The van der Waals surface area contributed by atoms with E-state index in [2.05, 4.69) is 21.3 Å². The van der Waals surface area contributed by atoms with Crippen molar-refractivity contribution in [1.82, 2.24) is 21.3 Å². The van der Waals surface area contributed by atoms with Crippen molar-refractivity contribution in [3.63, 3.8) is 0 Å². The number of rotatable bonds is 14. The number of ether oxygens (including phenoxy) is 1. The van der Waals surface area contributed by atoms with Gasteiger partial charge in [0.15, 0.2) is 0 Å². The van der Waals surface area contributed by atoms with Gasteiger partial charge in [-0.05, 0) is 93.9 Å². The lowest BCUT2D eigenvalue weighted by molar-refractivity contribution is -0.132. The Morgan fingerprint density at radius 3 is 1.34 bits per heavy atom. The standard InChI is InChI=1S/2C9H17NO2.C8H17NO.C7H15NO.CH4/c1-6(2)10-9(11)8(12-3)7-4-5-7;1-6(2)10-9(12)7(3)5-8(4)11;1-5-7(4)8(10)9-6(2)3;1-4-5-7(9)8-6(2)3;/h6-8H,4-5H2,1-3H3,(H,10,11);6-7H,5H2,1-4H3,(H,10,12);6-7H,5H2,1-4H3,(H,9,10);6H,4-5H2,1-3H3,(H,8,9);1H4. The molecular formula is C34H70N4O6. The summed E-state index contributed by atoms with van der Waals surface area (Å²) in [7, 11) is 1.60. The molecule has 0 heterocycles. The fourth-order valence-corrected chi connectivity index (χ4v) is 3.46. The van der Waals surface area contributed by atoms with E-state index >= 15 is 0 Å². The van der Waals surface area contributed by atoms with Crippen LogP contribution in [0.15, 0.2) is 0 Å². The summed E-state index contributed by atoms with van der Waals surface area (Å²) >= 11 is 0. The first-order valence-electron chi connectivity index (χ1n) is 16.0. The summed E-state index contributed by atoms with van der Waals surface area (Å²) in [5.41, 5.74) is 0. The summed E-state index contributed by atoms with van der Waals surface area (Å²) in [5, 5.41) is 11.3. The van der Waals surface area contributed by atoms with E-state index < -0.39 is 0 Å². The van der Waals surface area contributed by atoms with Crippen molar-refractivity contribution >= 4 is 29.4 Å². The van der Waals surface area contributed by atoms with Crippen LogP contribution in [0.5, 0.6) is 0 Å². The Morgan fingerprint density at radius 2 is 1.05 bits per heavy atom. The smallest absolute Gasteiger partial charge is 0.249 e. The molecule has 1 aliphatic rings. The normalized spacial score (nSPS) is 13.8. The fraction of sp³-hybridized carbons (Fsp3) is 0.853. The number of nitrogens with one attached hydrogen (secondary N) is 4. The molecule has 4 N–H and O–H groups in total.